The van der Waals surface area contributed by atoms with Gasteiger partial charge in [-0.25, -0.2) is 0 Å². The van der Waals surface area contributed by atoms with Crippen LogP contribution in [-0.2, 0) is 20.1 Å². The Morgan fingerprint density at radius 3 is 1.95 bits per heavy atom. The Morgan fingerprint density at radius 2 is 1.31 bits per heavy atom. The minimum Gasteiger partial charge on any atom is -0.333 e. The molecule has 0 unspecified atom stereocenters. The summed E-state index contributed by atoms with van der Waals surface area (Å²) in [6.45, 7) is 20.6. The molecule has 10 aromatic rings. The van der Waals surface area contributed by atoms with E-state index in [1.54, 1.807) is 0 Å². The van der Waals surface area contributed by atoms with E-state index < -0.39 is 8.07 Å². The Bertz CT molecular complexity index is 3220. The topological polar surface area (TPSA) is 30.7 Å². The van der Waals surface area contributed by atoms with Gasteiger partial charge in [0.25, 0.3) is 0 Å². The molecular formula is C59H55IrN3SSi-2. The van der Waals surface area contributed by atoms with Gasteiger partial charge in [-0.3, -0.25) is 4.98 Å². The molecule has 3 heterocycles. The number of aryl methyl sites for hydroxylation is 2. The van der Waals surface area contributed by atoms with Crippen LogP contribution in [0.25, 0.3) is 81.8 Å². The number of hydrogen-bond donors (Lipinski definition) is 0. The van der Waals surface area contributed by atoms with Crippen LogP contribution in [-0.4, -0.2) is 22.6 Å². The number of para-hydroxylation sites is 2. The number of pyridine rings is 1. The molecule has 0 aliphatic heterocycles. The molecule has 0 amide bonds. The second-order valence-corrected chi connectivity index (χ2v) is 24.8. The van der Waals surface area contributed by atoms with Gasteiger partial charge in [0.15, 0.2) is 0 Å². The van der Waals surface area contributed by atoms with E-state index in [-0.39, 0.29) is 20.1 Å². The van der Waals surface area contributed by atoms with Crippen LogP contribution in [0.4, 0.5) is 0 Å². The predicted octanol–water partition coefficient (Wildman–Crippen LogP) is 16.1. The van der Waals surface area contributed by atoms with Crippen molar-refractivity contribution >= 4 is 55.8 Å². The van der Waals surface area contributed by atoms with Crippen molar-refractivity contribution in [2.24, 2.45) is 0 Å². The molecule has 7 aromatic carbocycles. The van der Waals surface area contributed by atoms with Crippen LogP contribution >= 0.6 is 11.3 Å². The summed E-state index contributed by atoms with van der Waals surface area (Å²) in [6.07, 6.45) is 2.02. The van der Waals surface area contributed by atoms with Crippen LogP contribution in [0, 0.1) is 26.0 Å². The molecule has 6 heteroatoms. The molecule has 0 spiro atoms. The fourth-order valence-corrected chi connectivity index (χ4v) is 11.0. The number of fused-ring (bicyclic) bond motifs is 4. The number of imidazole rings is 1. The molecule has 0 aliphatic rings. The third kappa shape index (κ3) is 9.24. The fraction of sp³-hybridized carbons (Fsp3) is 0.186. The number of thiophene rings is 1. The van der Waals surface area contributed by atoms with Crippen molar-refractivity contribution in [3.63, 3.8) is 0 Å². The summed E-state index contributed by atoms with van der Waals surface area (Å²) in [7, 11) is -1.23. The summed E-state index contributed by atoms with van der Waals surface area (Å²) in [6, 6.07) is 61.2. The minimum atomic E-state index is -1.23. The van der Waals surface area contributed by atoms with E-state index in [1.165, 1.54) is 75.6 Å². The van der Waals surface area contributed by atoms with Crippen LogP contribution in [0.3, 0.4) is 0 Å². The molecule has 0 bridgehead atoms. The van der Waals surface area contributed by atoms with Crippen molar-refractivity contribution < 1.29 is 20.1 Å². The van der Waals surface area contributed by atoms with Crippen LogP contribution in [0.1, 0.15) is 61.8 Å². The monoisotopic (exact) mass is 1060 g/mol. The van der Waals surface area contributed by atoms with E-state index in [9.17, 15) is 0 Å². The first kappa shape index (κ1) is 45.8. The average Bonchev–Trinajstić information content (AvgIpc) is 3.89. The Hall–Kier alpha value is -5.75. The van der Waals surface area contributed by atoms with E-state index >= 15 is 0 Å². The summed E-state index contributed by atoms with van der Waals surface area (Å²) in [5.41, 5.74) is 16.6. The van der Waals surface area contributed by atoms with Gasteiger partial charge in [0.1, 0.15) is 0 Å². The fourth-order valence-electron chi connectivity index (χ4n) is 8.66. The molecule has 0 aliphatic carbocycles. The first-order chi connectivity index (χ1) is 30.9. The second kappa shape index (κ2) is 19.0. The Balaban J connectivity index is 0.000000287. The molecule has 65 heavy (non-hydrogen) atoms. The number of aromatic nitrogens is 3. The van der Waals surface area contributed by atoms with E-state index in [0.29, 0.717) is 11.8 Å². The number of rotatable bonds is 8. The molecule has 0 fully saturated rings. The van der Waals surface area contributed by atoms with Gasteiger partial charge in [-0.1, -0.05) is 162 Å². The molecule has 0 saturated carbocycles. The summed E-state index contributed by atoms with van der Waals surface area (Å²) >= 11 is 1.86. The zero-order chi connectivity index (χ0) is 44.7. The molecular weight excluding hydrogens is 1000 g/mol. The maximum absolute atomic E-state index is 5.40. The molecule has 3 nitrogen and oxygen atoms in total. The van der Waals surface area contributed by atoms with Crippen molar-refractivity contribution in [1.82, 2.24) is 14.5 Å². The molecule has 3 aromatic heterocycles. The van der Waals surface area contributed by atoms with Crippen molar-refractivity contribution in [1.29, 1.82) is 0 Å². The van der Waals surface area contributed by atoms with Crippen molar-refractivity contribution in [3.05, 3.63) is 192 Å². The van der Waals surface area contributed by atoms with Gasteiger partial charge in [0.2, 0.25) is 0 Å². The van der Waals surface area contributed by atoms with Crippen molar-refractivity contribution in [3.8, 4) is 50.6 Å². The van der Waals surface area contributed by atoms with Gasteiger partial charge in [-0.15, -0.1) is 53.6 Å². The summed E-state index contributed by atoms with van der Waals surface area (Å²) < 4.78 is 4.96. The van der Waals surface area contributed by atoms with E-state index in [2.05, 4.69) is 210 Å². The summed E-state index contributed by atoms with van der Waals surface area (Å²) in [4.78, 5) is 9.92. The maximum Gasteiger partial charge on any atom is 0.0795 e. The first-order valence-electron chi connectivity index (χ1n) is 22.5. The quantitative estimate of drug-likeness (QED) is 0.112. The van der Waals surface area contributed by atoms with Gasteiger partial charge < -0.3 is 9.55 Å². The average molecular weight is 1060 g/mol. The van der Waals surface area contributed by atoms with Crippen LogP contribution in [0.15, 0.2) is 158 Å². The Labute approximate surface area is 403 Å². The van der Waals surface area contributed by atoms with Crippen LogP contribution < -0.4 is 5.19 Å². The molecule has 1 radical (unpaired) electrons. The molecule has 0 saturated heterocycles. The van der Waals surface area contributed by atoms with E-state index in [1.807, 2.05) is 41.8 Å². The molecule has 327 valence electrons. The van der Waals surface area contributed by atoms with Crippen molar-refractivity contribution in [2.45, 2.75) is 73.0 Å². The van der Waals surface area contributed by atoms with E-state index in [0.717, 1.165) is 33.7 Å². The maximum atomic E-state index is 5.40. The van der Waals surface area contributed by atoms with Crippen LogP contribution in [0.5, 0.6) is 0 Å². The van der Waals surface area contributed by atoms with Gasteiger partial charge in [-0.05, 0) is 103 Å². The Kier molecular flexibility index (Phi) is 13.4. The minimum absolute atomic E-state index is 0. The summed E-state index contributed by atoms with van der Waals surface area (Å²) in [5, 5.41) is 3.98. The summed E-state index contributed by atoms with van der Waals surface area (Å²) in [5.74, 6) is 1.56. The molecule has 0 atom stereocenters. The van der Waals surface area contributed by atoms with Gasteiger partial charge >= 0.3 is 0 Å². The normalized spacial score (nSPS) is 11.6. The second-order valence-electron chi connectivity index (χ2n) is 18.6. The zero-order valence-corrected chi connectivity index (χ0v) is 43.0. The number of hydrogen-bond acceptors (Lipinski definition) is 3. The first-order valence-corrected chi connectivity index (χ1v) is 26.8. The van der Waals surface area contributed by atoms with Crippen LogP contribution in [0.2, 0.25) is 19.6 Å². The smallest absolute Gasteiger partial charge is 0.0795 e. The number of nitrogens with zero attached hydrogens (tertiary/aromatic N) is 3. The van der Waals surface area contributed by atoms with Gasteiger partial charge in [0.05, 0.1) is 24.9 Å². The largest absolute Gasteiger partial charge is 0.333 e. The predicted molar refractivity (Wildman–Crippen MR) is 278 cm³/mol. The molecule has 0 N–H and O–H groups in total. The third-order valence-electron chi connectivity index (χ3n) is 12.3. The third-order valence-corrected chi connectivity index (χ3v) is 15.5. The standard InChI is InChI=1S/C45H39N2S.C14H16NSi.Ir/c1-27(2)37-24-34(31-12-8-7-9-13-31)25-38(28(3)4)43(37)47-40-15-11-10-14-39(40)46-45(47)36-22-18-30(6)42-35-23-21-33(26-41(35)48-44(36)42)32-19-16-29(5)17-20-32;1-16(2,3)13-9-10-14(15-11-13)12-7-5-4-6-8-12;/h7-21,23-28H,1-6H3;4-7,9-11H,1-3H3;/q2*-1;. The van der Waals surface area contributed by atoms with Gasteiger partial charge in [-0.2, -0.15) is 11.3 Å². The van der Waals surface area contributed by atoms with Gasteiger partial charge in [0, 0.05) is 36.7 Å². The number of benzene rings is 7. The zero-order valence-electron chi connectivity index (χ0n) is 38.7. The SMILES string of the molecule is C[Si](C)(C)c1ccc(-c2[c-]cccc2)nc1.Cc1ccc(-c2ccc3c(c2)sc2c(-c4nc5ccccc5n4-c4c(C(C)C)cc(-c5ccccc5)cc4C(C)C)[c-]cc(C)c23)cc1.[Ir]. The molecule has 10 rings (SSSR count). The Morgan fingerprint density at radius 1 is 0.646 bits per heavy atom. The van der Waals surface area contributed by atoms with E-state index in [4.69, 9.17) is 4.98 Å². The van der Waals surface area contributed by atoms with Crippen molar-refractivity contribution in [2.75, 3.05) is 0 Å².